The van der Waals surface area contributed by atoms with E-state index in [0.717, 1.165) is 6.42 Å². The molecule has 0 heterocycles. The molecule has 0 fully saturated rings. The Bertz CT molecular complexity index is 402. The van der Waals surface area contributed by atoms with Gasteiger partial charge in [-0.2, -0.15) is 5.10 Å². The van der Waals surface area contributed by atoms with Gasteiger partial charge in [0.15, 0.2) is 6.61 Å². The van der Waals surface area contributed by atoms with Gasteiger partial charge in [-0.1, -0.05) is 25.4 Å². The highest BCUT2D eigenvalue weighted by atomic mass is 35.5. The van der Waals surface area contributed by atoms with Crippen molar-refractivity contribution in [3.05, 3.63) is 29.3 Å². The standard InChI is InChI=1S/C13H17ClN2O2/c1-10(2)7-8-15-16-13(17)9-18-12-5-3-11(14)4-6-12/h3-6,8,10H,7,9H2,1-2H3,(H,16,17)/b15-8+. The number of nitrogens with one attached hydrogen (secondary N) is 1. The number of ether oxygens (including phenoxy) is 1. The lowest BCUT2D eigenvalue weighted by molar-refractivity contribution is -0.123. The van der Waals surface area contributed by atoms with Crippen molar-refractivity contribution in [3.63, 3.8) is 0 Å². The highest BCUT2D eigenvalue weighted by molar-refractivity contribution is 6.30. The molecule has 4 nitrogen and oxygen atoms in total. The molecule has 18 heavy (non-hydrogen) atoms. The largest absolute Gasteiger partial charge is 0.484 e. The fourth-order valence-electron chi connectivity index (χ4n) is 1.09. The maximum Gasteiger partial charge on any atom is 0.277 e. The fourth-order valence-corrected chi connectivity index (χ4v) is 1.22. The van der Waals surface area contributed by atoms with E-state index in [1.807, 2.05) is 0 Å². The van der Waals surface area contributed by atoms with Gasteiger partial charge in [-0.25, -0.2) is 5.43 Å². The molecule has 1 aromatic carbocycles. The van der Waals surface area contributed by atoms with Crippen LogP contribution in [0.2, 0.25) is 5.02 Å². The maximum atomic E-state index is 11.4. The van der Waals surface area contributed by atoms with E-state index in [-0.39, 0.29) is 12.5 Å². The smallest absolute Gasteiger partial charge is 0.277 e. The molecule has 0 aliphatic carbocycles. The summed E-state index contributed by atoms with van der Waals surface area (Å²) in [4.78, 5) is 11.4. The van der Waals surface area contributed by atoms with Crippen LogP contribution >= 0.6 is 11.6 Å². The van der Waals surface area contributed by atoms with E-state index in [1.165, 1.54) is 0 Å². The van der Waals surface area contributed by atoms with E-state index < -0.39 is 0 Å². The van der Waals surface area contributed by atoms with E-state index in [0.29, 0.717) is 16.7 Å². The van der Waals surface area contributed by atoms with Crippen molar-refractivity contribution in [2.24, 2.45) is 11.0 Å². The lowest BCUT2D eigenvalue weighted by Gasteiger charge is -2.04. The van der Waals surface area contributed by atoms with Crippen LogP contribution in [-0.2, 0) is 4.79 Å². The first-order valence-corrected chi connectivity index (χ1v) is 6.14. The summed E-state index contributed by atoms with van der Waals surface area (Å²) >= 11 is 5.73. The van der Waals surface area contributed by atoms with Crippen molar-refractivity contribution in [1.82, 2.24) is 5.43 Å². The molecule has 98 valence electrons. The number of amides is 1. The number of carbonyl (C=O) groups excluding carboxylic acids is 1. The molecule has 0 atom stereocenters. The third-order valence-electron chi connectivity index (χ3n) is 2.04. The summed E-state index contributed by atoms with van der Waals surface area (Å²) in [5.41, 5.74) is 2.40. The molecule has 1 amide bonds. The van der Waals surface area contributed by atoms with E-state index in [1.54, 1.807) is 30.5 Å². The van der Waals surface area contributed by atoms with Crippen molar-refractivity contribution in [2.75, 3.05) is 6.61 Å². The molecule has 0 radical (unpaired) electrons. The van der Waals surface area contributed by atoms with Crippen molar-refractivity contribution < 1.29 is 9.53 Å². The highest BCUT2D eigenvalue weighted by Gasteiger charge is 2.01. The Morgan fingerprint density at radius 1 is 1.44 bits per heavy atom. The average Bonchev–Trinajstić information content (AvgIpc) is 2.34. The minimum absolute atomic E-state index is 0.0688. The van der Waals surface area contributed by atoms with E-state index >= 15 is 0 Å². The van der Waals surface area contributed by atoms with Gasteiger partial charge in [-0.15, -0.1) is 0 Å². The summed E-state index contributed by atoms with van der Waals surface area (Å²) < 4.78 is 5.26. The van der Waals surface area contributed by atoms with Gasteiger partial charge in [-0.05, 0) is 36.6 Å². The SMILES string of the molecule is CC(C)C/C=N/NC(=O)COc1ccc(Cl)cc1. The van der Waals surface area contributed by atoms with Gasteiger partial charge < -0.3 is 4.74 Å². The predicted octanol–water partition coefficient (Wildman–Crippen LogP) is 2.87. The number of nitrogens with zero attached hydrogens (tertiary/aromatic N) is 1. The minimum atomic E-state index is -0.287. The molecule has 0 spiro atoms. The van der Waals surface area contributed by atoms with Gasteiger partial charge >= 0.3 is 0 Å². The Hall–Kier alpha value is -1.55. The highest BCUT2D eigenvalue weighted by Crippen LogP contribution is 2.15. The summed E-state index contributed by atoms with van der Waals surface area (Å²) in [7, 11) is 0. The number of carbonyl (C=O) groups is 1. The molecule has 1 aromatic rings. The Kier molecular flexibility index (Phi) is 6.22. The van der Waals surface area contributed by atoms with Crippen LogP contribution in [0, 0.1) is 5.92 Å². The monoisotopic (exact) mass is 268 g/mol. The van der Waals surface area contributed by atoms with Gasteiger partial charge in [0.2, 0.25) is 0 Å². The number of hydrogen-bond donors (Lipinski definition) is 1. The number of rotatable bonds is 6. The second kappa shape index (κ2) is 7.71. The first-order chi connectivity index (χ1) is 8.58. The van der Waals surface area contributed by atoms with Gasteiger partial charge in [-0.3, -0.25) is 4.79 Å². The zero-order chi connectivity index (χ0) is 13.4. The van der Waals surface area contributed by atoms with Crippen molar-refractivity contribution in [1.29, 1.82) is 0 Å². The number of benzene rings is 1. The van der Waals surface area contributed by atoms with E-state index in [9.17, 15) is 4.79 Å². The van der Waals surface area contributed by atoms with Crippen LogP contribution in [-0.4, -0.2) is 18.7 Å². The topological polar surface area (TPSA) is 50.7 Å². The molecule has 0 aliphatic heterocycles. The lowest BCUT2D eigenvalue weighted by atomic mass is 10.2. The number of halogens is 1. The minimum Gasteiger partial charge on any atom is -0.484 e. The predicted molar refractivity (Wildman–Crippen MR) is 73.0 cm³/mol. The fraction of sp³-hybridized carbons (Fsp3) is 0.385. The molecule has 0 aromatic heterocycles. The van der Waals surface area contributed by atoms with Crippen LogP contribution in [0.3, 0.4) is 0 Å². The van der Waals surface area contributed by atoms with Crippen LogP contribution in [0.4, 0.5) is 0 Å². The molecular weight excluding hydrogens is 252 g/mol. The second-order valence-corrected chi connectivity index (χ2v) is 4.66. The van der Waals surface area contributed by atoms with Gasteiger partial charge in [0.25, 0.3) is 5.91 Å². The quantitative estimate of drug-likeness (QED) is 0.637. The summed E-state index contributed by atoms with van der Waals surface area (Å²) in [6.45, 7) is 4.09. The summed E-state index contributed by atoms with van der Waals surface area (Å²) in [6, 6.07) is 6.82. The van der Waals surface area contributed by atoms with E-state index in [4.69, 9.17) is 16.3 Å². The molecule has 0 aliphatic rings. The van der Waals surface area contributed by atoms with Crippen molar-refractivity contribution in [3.8, 4) is 5.75 Å². The van der Waals surface area contributed by atoms with Crippen LogP contribution in [0.25, 0.3) is 0 Å². The third kappa shape index (κ3) is 6.25. The van der Waals surface area contributed by atoms with Crippen LogP contribution < -0.4 is 10.2 Å². The first kappa shape index (κ1) is 14.5. The van der Waals surface area contributed by atoms with Crippen molar-refractivity contribution in [2.45, 2.75) is 20.3 Å². The van der Waals surface area contributed by atoms with Crippen LogP contribution in [0.15, 0.2) is 29.4 Å². The normalized spacial score (nSPS) is 10.9. The molecular formula is C13H17ClN2O2. The van der Waals surface area contributed by atoms with E-state index in [2.05, 4.69) is 24.4 Å². The van der Waals surface area contributed by atoms with Crippen molar-refractivity contribution >= 4 is 23.7 Å². The van der Waals surface area contributed by atoms with Gasteiger partial charge in [0, 0.05) is 11.2 Å². The first-order valence-electron chi connectivity index (χ1n) is 5.76. The molecule has 0 saturated carbocycles. The molecule has 0 unspecified atom stereocenters. The van der Waals surface area contributed by atoms with Gasteiger partial charge in [0.05, 0.1) is 0 Å². The van der Waals surface area contributed by atoms with Crippen LogP contribution in [0.5, 0.6) is 5.75 Å². The van der Waals surface area contributed by atoms with Crippen LogP contribution in [0.1, 0.15) is 20.3 Å². The lowest BCUT2D eigenvalue weighted by Crippen LogP contribution is -2.24. The number of hydrazone groups is 1. The second-order valence-electron chi connectivity index (χ2n) is 4.22. The summed E-state index contributed by atoms with van der Waals surface area (Å²) in [5.74, 6) is 0.835. The molecule has 1 N–H and O–H groups in total. The Morgan fingerprint density at radius 2 is 2.11 bits per heavy atom. The zero-order valence-electron chi connectivity index (χ0n) is 10.5. The Balaban J connectivity index is 2.25. The molecule has 1 rings (SSSR count). The Morgan fingerprint density at radius 3 is 2.72 bits per heavy atom. The maximum absolute atomic E-state index is 11.4. The molecule has 5 heteroatoms. The zero-order valence-corrected chi connectivity index (χ0v) is 11.3. The molecule has 0 saturated heterocycles. The molecule has 0 bridgehead atoms. The third-order valence-corrected chi connectivity index (χ3v) is 2.29. The number of hydrogen-bond acceptors (Lipinski definition) is 3. The average molecular weight is 269 g/mol. The summed E-state index contributed by atoms with van der Waals surface area (Å²) in [5, 5.41) is 4.44. The van der Waals surface area contributed by atoms with Gasteiger partial charge in [0.1, 0.15) is 5.75 Å². The summed E-state index contributed by atoms with van der Waals surface area (Å²) in [6.07, 6.45) is 2.52. The Labute approximate surface area is 112 Å².